The molecule has 0 aliphatic heterocycles. The molecule has 1 aromatic carbocycles. The molecule has 0 amide bonds. The number of methoxy groups -OCH3 is 1. The Kier molecular flexibility index (Phi) is 3.49. The summed E-state index contributed by atoms with van der Waals surface area (Å²) in [6.07, 6.45) is 2.05. The summed E-state index contributed by atoms with van der Waals surface area (Å²) in [5.74, 6) is 1.93. The van der Waals surface area contributed by atoms with E-state index in [-0.39, 0.29) is 5.54 Å². The van der Waals surface area contributed by atoms with Crippen LogP contribution in [0, 0.1) is 0 Å². The van der Waals surface area contributed by atoms with Crippen molar-refractivity contribution in [2.24, 2.45) is 0 Å². The highest BCUT2D eigenvalue weighted by Gasteiger charge is 2.21. The molecule has 2 aromatic rings. The zero-order valence-corrected chi connectivity index (χ0v) is 13.2. The van der Waals surface area contributed by atoms with Gasteiger partial charge in [0.05, 0.1) is 19.3 Å². The van der Waals surface area contributed by atoms with Gasteiger partial charge in [-0.2, -0.15) is 0 Å². The maximum Gasteiger partial charge on any atom is 0.121 e. The summed E-state index contributed by atoms with van der Waals surface area (Å²) in [4.78, 5) is 8.26. The van der Waals surface area contributed by atoms with Gasteiger partial charge in [-0.1, -0.05) is 0 Å². The lowest BCUT2D eigenvalue weighted by molar-refractivity contribution is 0.414. The number of imidazole rings is 1. The monoisotopic (exact) mass is 285 g/mol. The van der Waals surface area contributed by atoms with Gasteiger partial charge in [0.1, 0.15) is 11.6 Å². The molecular weight excluding hydrogens is 262 g/mol. The smallest absolute Gasteiger partial charge is 0.121 e. The average Bonchev–Trinajstić information content (AvgIpc) is 2.87. The molecule has 2 N–H and O–H groups in total. The summed E-state index contributed by atoms with van der Waals surface area (Å²) in [6, 6.07) is 6.25. The Bertz CT molecular complexity index is 653. The van der Waals surface area contributed by atoms with Crippen LogP contribution in [-0.2, 0) is 19.4 Å². The van der Waals surface area contributed by atoms with Gasteiger partial charge < -0.3 is 15.0 Å². The molecule has 0 unspecified atom stereocenters. The average molecular weight is 285 g/mol. The molecule has 4 heteroatoms. The second-order valence-corrected chi connectivity index (χ2v) is 6.64. The summed E-state index contributed by atoms with van der Waals surface area (Å²) in [5, 5.41) is 3.48. The van der Waals surface area contributed by atoms with Gasteiger partial charge in [-0.3, -0.25) is 0 Å². The van der Waals surface area contributed by atoms with Crippen LogP contribution in [0.3, 0.4) is 0 Å². The van der Waals surface area contributed by atoms with Gasteiger partial charge in [0.25, 0.3) is 0 Å². The lowest BCUT2D eigenvalue weighted by Gasteiger charge is -2.19. The molecule has 0 spiro atoms. The first kappa shape index (κ1) is 14.1. The Morgan fingerprint density at radius 1 is 1.29 bits per heavy atom. The van der Waals surface area contributed by atoms with Crippen LogP contribution in [-0.4, -0.2) is 22.6 Å². The molecule has 0 saturated carbocycles. The van der Waals surface area contributed by atoms with Gasteiger partial charge in [-0.25, -0.2) is 4.98 Å². The van der Waals surface area contributed by atoms with E-state index in [0.717, 1.165) is 36.7 Å². The minimum absolute atomic E-state index is 0.0958. The van der Waals surface area contributed by atoms with Gasteiger partial charge in [0.2, 0.25) is 0 Å². The van der Waals surface area contributed by atoms with Crippen LogP contribution >= 0.6 is 0 Å². The Balaban J connectivity index is 1.89. The van der Waals surface area contributed by atoms with E-state index in [9.17, 15) is 0 Å². The number of nitrogens with zero attached hydrogens (tertiary/aromatic N) is 1. The Hall–Kier alpha value is -1.81. The number of aromatic amines is 1. The third-order valence-corrected chi connectivity index (χ3v) is 3.83. The predicted octanol–water partition coefficient (Wildman–Crippen LogP) is 3.07. The molecule has 4 nitrogen and oxygen atoms in total. The highest BCUT2D eigenvalue weighted by Crippen LogP contribution is 2.34. The van der Waals surface area contributed by atoms with Crippen LogP contribution in [0.5, 0.6) is 5.75 Å². The molecule has 3 rings (SSSR count). The largest absolute Gasteiger partial charge is 0.497 e. The van der Waals surface area contributed by atoms with Crippen LogP contribution in [0.2, 0.25) is 0 Å². The van der Waals surface area contributed by atoms with Gasteiger partial charge in [0, 0.05) is 16.8 Å². The minimum Gasteiger partial charge on any atom is -0.497 e. The summed E-state index contributed by atoms with van der Waals surface area (Å²) >= 11 is 0. The molecule has 0 fully saturated rings. The summed E-state index contributed by atoms with van der Waals surface area (Å²) in [6.45, 7) is 7.26. The molecule has 0 bridgehead atoms. The van der Waals surface area contributed by atoms with E-state index >= 15 is 0 Å². The highest BCUT2D eigenvalue weighted by atomic mass is 16.5. The summed E-state index contributed by atoms with van der Waals surface area (Å²) in [5.41, 5.74) is 5.00. The van der Waals surface area contributed by atoms with Crippen LogP contribution < -0.4 is 10.1 Å². The van der Waals surface area contributed by atoms with E-state index in [1.54, 1.807) is 7.11 Å². The van der Waals surface area contributed by atoms with Crippen LogP contribution in [0.4, 0.5) is 0 Å². The number of fused-ring (bicyclic) bond motifs is 3. The van der Waals surface area contributed by atoms with E-state index in [1.807, 2.05) is 6.07 Å². The first-order valence-corrected chi connectivity index (χ1v) is 7.46. The molecule has 21 heavy (non-hydrogen) atoms. The Morgan fingerprint density at radius 3 is 2.81 bits per heavy atom. The number of aromatic nitrogens is 2. The number of ether oxygens (including phenoxy) is 1. The van der Waals surface area contributed by atoms with Crippen LogP contribution in [0.15, 0.2) is 18.2 Å². The lowest BCUT2D eigenvalue weighted by Crippen LogP contribution is -2.35. The van der Waals surface area contributed by atoms with Crippen molar-refractivity contribution in [3.63, 3.8) is 0 Å². The highest BCUT2D eigenvalue weighted by molar-refractivity contribution is 5.69. The maximum absolute atomic E-state index is 5.31. The number of hydrogen-bond donors (Lipinski definition) is 2. The second-order valence-electron chi connectivity index (χ2n) is 6.64. The van der Waals surface area contributed by atoms with E-state index in [1.165, 1.54) is 16.8 Å². The van der Waals surface area contributed by atoms with E-state index in [0.29, 0.717) is 0 Å². The van der Waals surface area contributed by atoms with E-state index in [2.05, 4.69) is 43.2 Å². The van der Waals surface area contributed by atoms with Crippen molar-refractivity contribution in [2.45, 2.75) is 45.7 Å². The fourth-order valence-electron chi connectivity index (χ4n) is 2.69. The SMILES string of the molecule is COc1ccc2c(c1)CCc1[nH]c(CNC(C)(C)C)nc1-2. The van der Waals surface area contributed by atoms with Crippen molar-refractivity contribution in [1.29, 1.82) is 0 Å². The molecule has 1 aromatic heterocycles. The van der Waals surface area contributed by atoms with Crippen LogP contribution in [0.1, 0.15) is 37.9 Å². The number of aryl methyl sites for hydroxylation is 2. The minimum atomic E-state index is 0.0958. The maximum atomic E-state index is 5.31. The third kappa shape index (κ3) is 2.95. The fraction of sp³-hybridized carbons (Fsp3) is 0.471. The first-order valence-electron chi connectivity index (χ1n) is 7.46. The molecule has 0 atom stereocenters. The molecule has 1 aliphatic carbocycles. The van der Waals surface area contributed by atoms with Gasteiger partial charge in [0.15, 0.2) is 0 Å². The Labute approximate surface area is 125 Å². The van der Waals surface area contributed by atoms with Gasteiger partial charge in [-0.15, -0.1) is 0 Å². The number of rotatable bonds is 3. The molecule has 0 saturated heterocycles. The number of hydrogen-bond acceptors (Lipinski definition) is 3. The zero-order chi connectivity index (χ0) is 15.0. The van der Waals surface area contributed by atoms with Crippen molar-refractivity contribution < 1.29 is 4.74 Å². The fourth-order valence-corrected chi connectivity index (χ4v) is 2.69. The zero-order valence-electron chi connectivity index (χ0n) is 13.2. The van der Waals surface area contributed by atoms with Gasteiger partial charge >= 0.3 is 0 Å². The standard InChI is InChI=1S/C17H23N3O/c1-17(2,3)18-10-15-19-14-8-5-11-9-12(21-4)6-7-13(11)16(14)20-15/h6-7,9,18H,5,8,10H2,1-4H3,(H,19,20). The Morgan fingerprint density at radius 2 is 2.10 bits per heavy atom. The summed E-state index contributed by atoms with van der Waals surface area (Å²) in [7, 11) is 1.71. The van der Waals surface area contributed by atoms with Crippen molar-refractivity contribution in [1.82, 2.24) is 15.3 Å². The topological polar surface area (TPSA) is 49.9 Å². The van der Waals surface area contributed by atoms with Crippen molar-refractivity contribution in [3.05, 3.63) is 35.3 Å². The number of benzene rings is 1. The predicted molar refractivity (Wildman–Crippen MR) is 84.6 cm³/mol. The van der Waals surface area contributed by atoms with Crippen molar-refractivity contribution >= 4 is 0 Å². The van der Waals surface area contributed by atoms with Crippen molar-refractivity contribution in [3.8, 4) is 17.0 Å². The normalized spacial score (nSPS) is 13.7. The molecular formula is C17H23N3O. The summed E-state index contributed by atoms with van der Waals surface area (Å²) < 4.78 is 5.31. The second kappa shape index (κ2) is 5.19. The third-order valence-electron chi connectivity index (χ3n) is 3.83. The molecule has 0 radical (unpaired) electrons. The quantitative estimate of drug-likeness (QED) is 0.911. The van der Waals surface area contributed by atoms with Crippen LogP contribution in [0.25, 0.3) is 11.3 Å². The first-order chi connectivity index (χ1) is 9.96. The lowest BCUT2D eigenvalue weighted by atomic mass is 9.92. The molecule has 112 valence electrons. The number of H-pyrrole nitrogens is 1. The van der Waals surface area contributed by atoms with E-state index < -0.39 is 0 Å². The molecule has 1 heterocycles. The molecule has 1 aliphatic rings. The van der Waals surface area contributed by atoms with Gasteiger partial charge in [-0.05, 0) is 57.4 Å². The van der Waals surface area contributed by atoms with Crippen molar-refractivity contribution in [2.75, 3.05) is 7.11 Å². The number of nitrogens with one attached hydrogen (secondary N) is 2. The van der Waals surface area contributed by atoms with E-state index in [4.69, 9.17) is 9.72 Å².